The van der Waals surface area contributed by atoms with E-state index in [1.165, 1.54) is 12.1 Å². The number of phenols is 1. The lowest BCUT2D eigenvalue weighted by Crippen LogP contribution is -2.20. The van der Waals surface area contributed by atoms with Crippen molar-refractivity contribution in [2.24, 2.45) is 0 Å². The Morgan fingerprint density at radius 1 is 1.06 bits per heavy atom. The number of carboxylic acid groups (broad SMARTS) is 1. The molecule has 0 aliphatic carbocycles. The second-order valence-electron chi connectivity index (χ2n) is 3.88. The number of nitrogens with one attached hydrogen (secondary N) is 1. The molecule has 0 saturated heterocycles. The number of hydrogen-bond acceptors (Lipinski definition) is 3. The predicted molar refractivity (Wildman–Crippen MR) is 68.5 cm³/mol. The number of aromatic hydroxyl groups is 1. The van der Waals surface area contributed by atoms with Crippen molar-refractivity contribution < 1.29 is 15.0 Å². The first-order chi connectivity index (χ1) is 8.66. The zero-order chi connectivity index (χ0) is 13.0. The first kappa shape index (κ1) is 12.0. The Kier molecular flexibility index (Phi) is 3.48. The molecular formula is C14H13NO3. The highest BCUT2D eigenvalue weighted by Gasteiger charge is 2.19. The lowest BCUT2D eigenvalue weighted by Gasteiger charge is -2.16. The molecule has 3 N–H and O–H groups in total. The minimum Gasteiger partial charge on any atom is -0.508 e. The van der Waals surface area contributed by atoms with Crippen LogP contribution in [0.25, 0.3) is 0 Å². The van der Waals surface area contributed by atoms with Crippen molar-refractivity contribution in [1.29, 1.82) is 0 Å². The van der Waals surface area contributed by atoms with Gasteiger partial charge in [-0.1, -0.05) is 30.3 Å². The number of carboxylic acids is 1. The van der Waals surface area contributed by atoms with Gasteiger partial charge >= 0.3 is 5.97 Å². The molecule has 0 aromatic heterocycles. The van der Waals surface area contributed by atoms with E-state index in [1.54, 1.807) is 24.3 Å². The first-order valence-electron chi connectivity index (χ1n) is 5.50. The summed E-state index contributed by atoms with van der Waals surface area (Å²) in [7, 11) is 0. The molecule has 0 aliphatic rings. The minimum atomic E-state index is -0.996. The predicted octanol–water partition coefficient (Wildman–Crippen LogP) is 2.63. The van der Waals surface area contributed by atoms with Gasteiger partial charge in [-0.15, -0.1) is 0 Å². The average Bonchev–Trinajstić information content (AvgIpc) is 2.37. The summed E-state index contributed by atoms with van der Waals surface area (Å²) in [6.07, 6.45) is 0. The fourth-order valence-electron chi connectivity index (χ4n) is 1.69. The highest BCUT2D eigenvalue weighted by Crippen LogP contribution is 2.22. The van der Waals surface area contributed by atoms with Crippen molar-refractivity contribution in [3.8, 4) is 5.75 Å². The van der Waals surface area contributed by atoms with E-state index in [0.717, 1.165) is 0 Å². The lowest BCUT2D eigenvalue weighted by atomic mass is 10.1. The molecule has 2 rings (SSSR count). The van der Waals surface area contributed by atoms with Crippen molar-refractivity contribution in [3.05, 3.63) is 60.2 Å². The summed E-state index contributed by atoms with van der Waals surface area (Å²) < 4.78 is 0. The number of anilines is 1. The number of carbonyl (C=O) groups is 1. The van der Waals surface area contributed by atoms with Crippen LogP contribution < -0.4 is 5.32 Å². The van der Waals surface area contributed by atoms with E-state index in [-0.39, 0.29) is 5.75 Å². The molecule has 4 nitrogen and oxygen atoms in total. The molecule has 0 saturated carbocycles. The summed E-state index contributed by atoms with van der Waals surface area (Å²) in [5.74, 6) is -0.946. The van der Waals surface area contributed by atoms with Gasteiger partial charge in [-0.2, -0.15) is 0 Å². The van der Waals surface area contributed by atoms with Crippen LogP contribution >= 0.6 is 0 Å². The van der Waals surface area contributed by atoms with Gasteiger partial charge in [0.25, 0.3) is 0 Å². The van der Waals surface area contributed by atoms with E-state index in [4.69, 9.17) is 0 Å². The maximum Gasteiger partial charge on any atom is 0.330 e. The molecule has 0 amide bonds. The summed E-state index contributed by atoms with van der Waals surface area (Å²) >= 11 is 0. The molecule has 2 aromatic rings. The van der Waals surface area contributed by atoms with Gasteiger partial charge in [-0.25, -0.2) is 4.79 Å². The third-order valence-electron chi connectivity index (χ3n) is 2.54. The Labute approximate surface area is 105 Å². The molecule has 0 bridgehead atoms. The normalized spacial score (nSPS) is 11.8. The number of benzene rings is 2. The van der Waals surface area contributed by atoms with Gasteiger partial charge < -0.3 is 15.5 Å². The highest BCUT2D eigenvalue weighted by atomic mass is 16.4. The third-order valence-corrected chi connectivity index (χ3v) is 2.54. The molecule has 0 radical (unpaired) electrons. The summed E-state index contributed by atoms with van der Waals surface area (Å²) in [5.41, 5.74) is 1.22. The maximum atomic E-state index is 11.3. The van der Waals surface area contributed by atoms with Crippen LogP contribution in [-0.4, -0.2) is 16.2 Å². The van der Waals surface area contributed by atoms with Crippen LogP contribution in [0.2, 0.25) is 0 Å². The quantitative estimate of drug-likeness (QED) is 0.772. The summed E-state index contributed by atoms with van der Waals surface area (Å²) in [5, 5.41) is 21.5. The summed E-state index contributed by atoms with van der Waals surface area (Å²) in [4.78, 5) is 11.3. The standard InChI is InChI=1S/C14H13NO3/c16-12-8-4-5-10(9-12)13(14(17)18)15-11-6-2-1-3-7-11/h1-9,13,15-16H,(H,17,18)/t13-/m0/s1. The van der Waals surface area contributed by atoms with Crippen molar-refractivity contribution in [2.45, 2.75) is 6.04 Å². The van der Waals surface area contributed by atoms with Gasteiger partial charge in [0.2, 0.25) is 0 Å². The van der Waals surface area contributed by atoms with Gasteiger partial charge in [0.05, 0.1) is 0 Å². The summed E-state index contributed by atoms with van der Waals surface area (Å²) in [6, 6.07) is 14.4. The highest BCUT2D eigenvalue weighted by molar-refractivity contribution is 5.79. The maximum absolute atomic E-state index is 11.3. The van der Waals surface area contributed by atoms with Crippen LogP contribution in [0.1, 0.15) is 11.6 Å². The van der Waals surface area contributed by atoms with Crippen molar-refractivity contribution >= 4 is 11.7 Å². The van der Waals surface area contributed by atoms with E-state index >= 15 is 0 Å². The molecule has 4 heteroatoms. The van der Waals surface area contributed by atoms with Crippen molar-refractivity contribution in [1.82, 2.24) is 0 Å². The van der Waals surface area contributed by atoms with E-state index in [1.807, 2.05) is 18.2 Å². The minimum absolute atomic E-state index is 0.0496. The fourth-order valence-corrected chi connectivity index (χ4v) is 1.69. The molecule has 0 heterocycles. The van der Waals surface area contributed by atoms with E-state index < -0.39 is 12.0 Å². The molecular weight excluding hydrogens is 230 g/mol. The van der Waals surface area contributed by atoms with Crippen LogP contribution in [0.3, 0.4) is 0 Å². The van der Waals surface area contributed by atoms with Crippen LogP contribution in [0.5, 0.6) is 5.75 Å². The Hall–Kier alpha value is -2.49. The van der Waals surface area contributed by atoms with Crippen LogP contribution in [0.15, 0.2) is 54.6 Å². The molecule has 0 spiro atoms. The van der Waals surface area contributed by atoms with E-state index in [9.17, 15) is 15.0 Å². The second kappa shape index (κ2) is 5.23. The lowest BCUT2D eigenvalue weighted by molar-refractivity contribution is -0.138. The second-order valence-corrected chi connectivity index (χ2v) is 3.88. The third kappa shape index (κ3) is 2.79. The average molecular weight is 243 g/mol. The Morgan fingerprint density at radius 3 is 2.39 bits per heavy atom. The van der Waals surface area contributed by atoms with E-state index in [2.05, 4.69) is 5.32 Å². The van der Waals surface area contributed by atoms with Gasteiger partial charge in [0, 0.05) is 5.69 Å². The number of rotatable bonds is 4. The van der Waals surface area contributed by atoms with Gasteiger partial charge in [-0.05, 0) is 29.8 Å². The smallest absolute Gasteiger partial charge is 0.330 e. The number of para-hydroxylation sites is 1. The number of hydrogen-bond donors (Lipinski definition) is 3. The zero-order valence-electron chi connectivity index (χ0n) is 9.58. The van der Waals surface area contributed by atoms with Gasteiger partial charge in [0.1, 0.15) is 5.75 Å². The zero-order valence-corrected chi connectivity index (χ0v) is 9.58. The molecule has 2 aromatic carbocycles. The Morgan fingerprint density at radius 2 is 1.78 bits per heavy atom. The van der Waals surface area contributed by atoms with Crippen LogP contribution in [0, 0.1) is 0 Å². The molecule has 0 aliphatic heterocycles. The Bertz CT molecular complexity index is 540. The monoisotopic (exact) mass is 243 g/mol. The van der Waals surface area contributed by atoms with Gasteiger partial charge in [-0.3, -0.25) is 0 Å². The van der Waals surface area contributed by atoms with Crippen molar-refractivity contribution in [2.75, 3.05) is 5.32 Å². The van der Waals surface area contributed by atoms with Crippen LogP contribution in [-0.2, 0) is 4.79 Å². The number of aliphatic carboxylic acids is 1. The molecule has 18 heavy (non-hydrogen) atoms. The number of phenolic OH excluding ortho intramolecular Hbond substituents is 1. The fraction of sp³-hybridized carbons (Fsp3) is 0.0714. The SMILES string of the molecule is O=C(O)[C@@H](Nc1ccccc1)c1cccc(O)c1. The molecule has 0 unspecified atom stereocenters. The van der Waals surface area contributed by atoms with E-state index in [0.29, 0.717) is 11.3 Å². The van der Waals surface area contributed by atoms with Gasteiger partial charge in [0.15, 0.2) is 6.04 Å². The largest absolute Gasteiger partial charge is 0.508 e. The molecule has 0 fully saturated rings. The van der Waals surface area contributed by atoms with Crippen LogP contribution in [0.4, 0.5) is 5.69 Å². The summed E-state index contributed by atoms with van der Waals surface area (Å²) in [6.45, 7) is 0. The van der Waals surface area contributed by atoms with Crippen molar-refractivity contribution in [3.63, 3.8) is 0 Å². The molecule has 1 atom stereocenters. The Balaban J connectivity index is 2.27. The first-order valence-corrected chi connectivity index (χ1v) is 5.50. The molecule has 92 valence electrons. The topological polar surface area (TPSA) is 69.6 Å².